The van der Waals surface area contributed by atoms with Crippen LogP contribution in [-0.2, 0) is 16.0 Å². The summed E-state index contributed by atoms with van der Waals surface area (Å²) in [6.07, 6.45) is -4.39. The number of ketones is 1. The van der Waals surface area contributed by atoms with Crippen LogP contribution in [0.15, 0.2) is 155 Å². The van der Waals surface area contributed by atoms with Gasteiger partial charge in [0.1, 0.15) is 11.0 Å². The first-order valence-corrected chi connectivity index (χ1v) is 21.7. The molecule has 8 rings (SSSR count). The van der Waals surface area contributed by atoms with E-state index in [9.17, 15) is 26.4 Å². The monoisotopic (exact) mass is 854 g/mol. The standard InChI is InChI=1S/C22H17F3N2S.C15H14O.C14H14O2S/c1-12-4-6-15(10-14(12)3)17-8-9-18(21-20(17)26-28-27-21)16-7-5-13(2)19(11-16)22(23,24)25;1-11-3-7-13(8-4-11)15(16)14-9-5-12(2)6-10-14;1-11-3-7-13(8-4-11)17(15,16)14-9-5-12(2)6-10-14/h4-11H,1-3H3;3-10H,1-2H3;3-10H,1-2H3. The van der Waals surface area contributed by atoms with Crippen molar-refractivity contribution in [2.45, 2.75) is 64.4 Å². The quantitative estimate of drug-likeness (QED) is 0.156. The summed E-state index contributed by atoms with van der Waals surface area (Å²) < 4.78 is 73.3. The third-order valence-corrected chi connectivity index (χ3v) is 12.7. The van der Waals surface area contributed by atoms with Gasteiger partial charge in [0.15, 0.2) is 5.78 Å². The minimum atomic E-state index is -4.39. The van der Waals surface area contributed by atoms with Gasteiger partial charge in [-0.1, -0.05) is 138 Å². The summed E-state index contributed by atoms with van der Waals surface area (Å²) in [6.45, 7) is 13.5. The molecule has 0 unspecified atom stereocenters. The van der Waals surface area contributed by atoms with Crippen molar-refractivity contribution < 1.29 is 26.4 Å². The molecule has 1 heterocycles. The highest BCUT2D eigenvalue weighted by Gasteiger charge is 2.32. The molecule has 61 heavy (non-hydrogen) atoms. The first-order chi connectivity index (χ1) is 28.9. The number of benzene rings is 7. The van der Waals surface area contributed by atoms with E-state index in [0.29, 0.717) is 32.0 Å². The van der Waals surface area contributed by atoms with Crippen LogP contribution in [0.3, 0.4) is 0 Å². The van der Waals surface area contributed by atoms with Crippen LogP contribution in [0.4, 0.5) is 13.2 Å². The summed E-state index contributed by atoms with van der Waals surface area (Å²) in [7, 11) is -3.37. The molecule has 0 N–H and O–H groups in total. The molecule has 5 nitrogen and oxygen atoms in total. The number of alkyl halides is 3. The van der Waals surface area contributed by atoms with Crippen molar-refractivity contribution in [3.63, 3.8) is 0 Å². The van der Waals surface area contributed by atoms with Crippen molar-refractivity contribution in [1.82, 2.24) is 8.75 Å². The van der Waals surface area contributed by atoms with Crippen LogP contribution in [0.1, 0.15) is 60.4 Å². The molecular formula is C51H45F3N2O3S2. The van der Waals surface area contributed by atoms with Gasteiger partial charge in [0.05, 0.1) is 27.1 Å². The molecule has 0 bridgehead atoms. The fourth-order valence-corrected chi connectivity index (χ4v) is 8.32. The van der Waals surface area contributed by atoms with Gasteiger partial charge < -0.3 is 0 Å². The summed E-state index contributed by atoms with van der Waals surface area (Å²) in [5, 5.41) is 0. The molecule has 0 aliphatic heterocycles. The zero-order valence-corrected chi connectivity index (χ0v) is 36.6. The topological polar surface area (TPSA) is 77.0 Å². The van der Waals surface area contributed by atoms with Crippen molar-refractivity contribution in [3.05, 3.63) is 201 Å². The number of aryl methyl sites for hydroxylation is 7. The smallest absolute Gasteiger partial charge is 0.289 e. The molecule has 0 amide bonds. The SMILES string of the molecule is Cc1ccc(-c2ccc(-c3ccc(C)c(C(F)(F)F)c3)c3nsnc23)cc1C.Cc1ccc(C(=O)c2ccc(C)cc2)cc1.Cc1ccc(S(=O)(=O)c2ccc(C)cc2)cc1. The minimum absolute atomic E-state index is 0.0833. The predicted octanol–water partition coefficient (Wildman–Crippen LogP) is 13.6. The molecule has 0 spiro atoms. The Hall–Kier alpha value is -6.23. The number of halogens is 3. The lowest BCUT2D eigenvalue weighted by Crippen LogP contribution is -2.07. The Bertz CT molecular complexity index is 2820. The number of aromatic nitrogens is 2. The summed E-state index contributed by atoms with van der Waals surface area (Å²) >= 11 is 1.07. The maximum atomic E-state index is 13.3. The van der Waals surface area contributed by atoms with E-state index in [0.717, 1.165) is 45.1 Å². The molecule has 310 valence electrons. The van der Waals surface area contributed by atoms with Gasteiger partial charge in [-0.3, -0.25) is 4.79 Å². The summed E-state index contributed by atoms with van der Waals surface area (Å²) in [4.78, 5) is 12.7. The number of fused-ring (bicyclic) bond motifs is 1. The van der Waals surface area contributed by atoms with Gasteiger partial charge in [0.25, 0.3) is 0 Å². The average molecular weight is 855 g/mol. The normalized spacial score (nSPS) is 11.3. The molecule has 0 radical (unpaired) electrons. The van der Waals surface area contributed by atoms with Gasteiger partial charge in [0, 0.05) is 22.3 Å². The Labute approximate surface area is 359 Å². The Morgan fingerprint density at radius 2 is 0.852 bits per heavy atom. The van der Waals surface area contributed by atoms with Crippen molar-refractivity contribution in [3.8, 4) is 22.3 Å². The molecule has 8 aromatic rings. The Balaban J connectivity index is 0.000000163. The lowest BCUT2D eigenvalue weighted by atomic mass is 9.94. The molecule has 7 aromatic carbocycles. The van der Waals surface area contributed by atoms with Gasteiger partial charge in [-0.15, -0.1) is 0 Å². The fourth-order valence-electron chi connectivity index (χ4n) is 6.48. The number of rotatable bonds is 6. The van der Waals surface area contributed by atoms with E-state index >= 15 is 0 Å². The zero-order chi connectivity index (χ0) is 44.1. The van der Waals surface area contributed by atoms with Crippen molar-refractivity contribution in [1.29, 1.82) is 0 Å². The molecule has 0 aliphatic rings. The Morgan fingerprint density at radius 1 is 0.475 bits per heavy atom. The summed E-state index contributed by atoms with van der Waals surface area (Å²) in [5.41, 5.74) is 12.3. The lowest BCUT2D eigenvalue weighted by Gasteiger charge is -2.13. The van der Waals surface area contributed by atoms with E-state index in [1.165, 1.54) is 41.3 Å². The van der Waals surface area contributed by atoms with E-state index in [-0.39, 0.29) is 11.3 Å². The van der Waals surface area contributed by atoms with Crippen molar-refractivity contribution in [2.75, 3.05) is 0 Å². The van der Waals surface area contributed by atoms with Crippen LogP contribution in [0, 0.1) is 48.5 Å². The van der Waals surface area contributed by atoms with Gasteiger partial charge in [-0.25, -0.2) is 8.42 Å². The van der Waals surface area contributed by atoms with Crippen LogP contribution in [0.5, 0.6) is 0 Å². The molecular weight excluding hydrogens is 810 g/mol. The first-order valence-electron chi connectivity index (χ1n) is 19.5. The number of sulfone groups is 1. The molecule has 10 heteroatoms. The largest absolute Gasteiger partial charge is 0.416 e. The molecule has 0 saturated carbocycles. The second-order valence-corrected chi connectivity index (χ2v) is 17.6. The summed E-state index contributed by atoms with van der Waals surface area (Å²) in [6, 6.07) is 43.5. The third-order valence-electron chi connectivity index (χ3n) is 10.4. The third kappa shape index (κ3) is 10.6. The number of nitrogens with zero attached hydrogens (tertiary/aromatic N) is 2. The molecule has 0 aliphatic carbocycles. The number of hydrogen-bond acceptors (Lipinski definition) is 6. The van der Waals surface area contributed by atoms with E-state index in [1.807, 2.05) is 94.4 Å². The van der Waals surface area contributed by atoms with Gasteiger partial charge in [-0.05, 0) is 107 Å². The highest BCUT2D eigenvalue weighted by Crippen LogP contribution is 2.39. The minimum Gasteiger partial charge on any atom is -0.289 e. The van der Waals surface area contributed by atoms with E-state index < -0.39 is 21.6 Å². The molecule has 1 aromatic heterocycles. The van der Waals surface area contributed by atoms with Crippen LogP contribution in [0.2, 0.25) is 0 Å². The molecule has 0 atom stereocenters. The van der Waals surface area contributed by atoms with Crippen LogP contribution in [0.25, 0.3) is 33.3 Å². The highest BCUT2D eigenvalue weighted by molar-refractivity contribution is 7.91. The number of carbonyl (C=O) groups excluding carboxylic acids is 1. The summed E-state index contributed by atoms with van der Waals surface area (Å²) in [5.74, 6) is 0.0833. The molecule has 0 fully saturated rings. The average Bonchev–Trinajstić information content (AvgIpc) is 3.73. The predicted molar refractivity (Wildman–Crippen MR) is 241 cm³/mol. The van der Waals surface area contributed by atoms with E-state index in [4.69, 9.17) is 0 Å². The van der Waals surface area contributed by atoms with Crippen molar-refractivity contribution >= 4 is 38.4 Å². The second-order valence-electron chi connectivity index (χ2n) is 15.1. The number of carbonyl (C=O) groups is 1. The van der Waals surface area contributed by atoms with E-state index in [2.05, 4.69) is 34.7 Å². The van der Waals surface area contributed by atoms with Gasteiger partial charge >= 0.3 is 6.18 Å². The van der Waals surface area contributed by atoms with Gasteiger partial charge in [-0.2, -0.15) is 21.9 Å². The Morgan fingerprint density at radius 3 is 1.25 bits per heavy atom. The Kier molecular flexibility index (Phi) is 13.5. The second kappa shape index (κ2) is 18.6. The number of hydrogen-bond donors (Lipinski definition) is 0. The van der Waals surface area contributed by atoms with Crippen LogP contribution < -0.4 is 0 Å². The maximum absolute atomic E-state index is 13.3. The first kappa shape index (κ1) is 44.3. The lowest BCUT2D eigenvalue weighted by molar-refractivity contribution is -0.138. The zero-order valence-electron chi connectivity index (χ0n) is 34.9. The van der Waals surface area contributed by atoms with Crippen LogP contribution >= 0.6 is 11.7 Å². The van der Waals surface area contributed by atoms with Gasteiger partial charge in [0.2, 0.25) is 9.84 Å². The van der Waals surface area contributed by atoms with Crippen LogP contribution in [-0.4, -0.2) is 22.9 Å². The molecule has 0 saturated heterocycles. The fraction of sp³-hybridized carbons (Fsp3) is 0.157. The highest BCUT2D eigenvalue weighted by atomic mass is 32.2. The van der Waals surface area contributed by atoms with E-state index in [1.54, 1.807) is 54.6 Å². The van der Waals surface area contributed by atoms with Crippen molar-refractivity contribution in [2.24, 2.45) is 0 Å². The maximum Gasteiger partial charge on any atom is 0.416 e.